The first-order chi connectivity index (χ1) is 10.2. The predicted molar refractivity (Wildman–Crippen MR) is 87.8 cm³/mol. The molecule has 0 aliphatic carbocycles. The van der Waals surface area contributed by atoms with Crippen LogP contribution in [0.25, 0.3) is 10.9 Å². The van der Waals surface area contributed by atoms with Gasteiger partial charge in [-0.2, -0.15) is 0 Å². The van der Waals surface area contributed by atoms with E-state index in [9.17, 15) is 0 Å². The molecule has 0 bridgehead atoms. The molecule has 0 aliphatic heterocycles. The van der Waals surface area contributed by atoms with Gasteiger partial charge in [0.05, 0.1) is 5.52 Å². The Morgan fingerprint density at radius 2 is 1.86 bits per heavy atom. The summed E-state index contributed by atoms with van der Waals surface area (Å²) >= 11 is 0. The molecule has 3 rings (SSSR count). The molecule has 0 radical (unpaired) electrons. The number of nitrogens with two attached hydrogens (primary N) is 1. The van der Waals surface area contributed by atoms with Gasteiger partial charge in [-0.05, 0) is 42.4 Å². The maximum Gasteiger partial charge on any atom is 0.0705 e. The second kappa shape index (κ2) is 5.94. The van der Waals surface area contributed by atoms with Crippen LogP contribution < -0.4 is 5.73 Å². The summed E-state index contributed by atoms with van der Waals surface area (Å²) in [5.41, 5.74) is 10.2. The van der Waals surface area contributed by atoms with Crippen LogP contribution in [-0.2, 0) is 13.1 Å². The maximum atomic E-state index is 5.83. The molecule has 2 aromatic carbocycles. The van der Waals surface area contributed by atoms with E-state index in [-0.39, 0.29) is 0 Å². The molecule has 1 heterocycles. The SMILES string of the molecule is CN(Cc1cccc(N)c1)Cc1ccnc2ccccc12. The highest BCUT2D eigenvalue weighted by molar-refractivity contribution is 5.81. The number of benzene rings is 2. The highest BCUT2D eigenvalue weighted by Gasteiger charge is 2.06. The Morgan fingerprint density at radius 1 is 1.00 bits per heavy atom. The molecule has 0 atom stereocenters. The lowest BCUT2D eigenvalue weighted by atomic mass is 10.1. The summed E-state index contributed by atoms with van der Waals surface area (Å²) in [6.45, 7) is 1.76. The third kappa shape index (κ3) is 3.20. The fourth-order valence-corrected chi connectivity index (χ4v) is 2.64. The monoisotopic (exact) mass is 277 g/mol. The van der Waals surface area contributed by atoms with E-state index >= 15 is 0 Å². The number of rotatable bonds is 4. The average molecular weight is 277 g/mol. The maximum absolute atomic E-state index is 5.83. The molecule has 0 fully saturated rings. The van der Waals surface area contributed by atoms with Crippen molar-refractivity contribution >= 4 is 16.6 Å². The molecule has 21 heavy (non-hydrogen) atoms. The quantitative estimate of drug-likeness (QED) is 0.743. The minimum atomic E-state index is 0.815. The van der Waals surface area contributed by atoms with E-state index in [2.05, 4.69) is 47.3 Å². The van der Waals surface area contributed by atoms with E-state index in [1.54, 1.807) is 0 Å². The van der Waals surface area contributed by atoms with Gasteiger partial charge in [-0.1, -0.05) is 30.3 Å². The van der Waals surface area contributed by atoms with Gasteiger partial charge in [-0.3, -0.25) is 9.88 Å². The average Bonchev–Trinajstić information content (AvgIpc) is 2.47. The predicted octanol–water partition coefficient (Wildman–Crippen LogP) is 3.45. The van der Waals surface area contributed by atoms with Gasteiger partial charge in [-0.25, -0.2) is 0 Å². The Bertz CT molecular complexity index is 747. The van der Waals surface area contributed by atoms with E-state index < -0.39 is 0 Å². The Morgan fingerprint density at radius 3 is 2.71 bits per heavy atom. The first-order valence-corrected chi connectivity index (χ1v) is 7.08. The van der Waals surface area contributed by atoms with Gasteiger partial charge in [0.1, 0.15) is 0 Å². The third-order valence-corrected chi connectivity index (χ3v) is 3.58. The standard InChI is InChI=1S/C18H19N3/c1-21(12-14-5-4-6-16(19)11-14)13-15-9-10-20-18-8-3-2-7-17(15)18/h2-11H,12-13,19H2,1H3. The van der Waals surface area contributed by atoms with Crippen LogP contribution in [0, 0.1) is 0 Å². The van der Waals surface area contributed by atoms with Crippen molar-refractivity contribution < 1.29 is 0 Å². The van der Waals surface area contributed by atoms with Crippen molar-refractivity contribution in [3.63, 3.8) is 0 Å². The Kier molecular flexibility index (Phi) is 3.84. The highest BCUT2D eigenvalue weighted by Crippen LogP contribution is 2.18. The first-order valence-electron chi connectivity index (χ1n) is 7.08. The van der Waals surface area contributed by atoms with Crippen LogP contribution in [-0.4, -0.2) is 16.9 Å². The summed E-state index contributed by atoms with van der Waals surface area (Å²) in [7, 11) is 2.12. The lowest BCUT2D eigenvalue weighted by molar-refractivity contribution is 0.320. The molecule has 3 nitrogen and oxygen atoms in total. The van der Waals surface area contributed by atoms with Crippen LogP contribution in [0.2, 0.25) is 0 Å². The minimum absolute atomic E-state index is 0.815. The van der Waals surface area contributed by atoms with Crippen molar-refractivity contribution in [2.75, 3.05) is 12.8 Å². The number of fused-ring (bicyclic) bond motifs is 1. The van der Waals surface area contributed by atoms with E-state index in [4.69, 9.17) is 5.73 Å². The molecule has 2 N–H and O–H groups in total. The van der Waals surface area contributed by atoms with E-state index in [1.807, 2.05) is 30.5 Å². The molecular weight excluding hydrogens is 258 g/mol. The largest absolute Gasteiger partial charge is 0.399 e. The van der Waals surface area contributed by atoms with Crippen LogP contribution in [0.4, 0.5) is 5.69 Å². The minimum Gasteiger partial charge on any atom is -0.399 e. The number of pyridine rings is 1. The fourth-order valence-electron chi connectivity index (χ4n) is 2.64. The highest BCUT2D eigenvalue weighted by atomic mass is 15.1. The molecular formula is C18H19N3. The van der Waals surface area contributed by atoms with Gasteiger partial charge in [0.2, 0.25) is 0 Å². The molecule has 0 spiro atoms. The zero-order valence-electron chi connectivity index (χ0n) is 12.2. The second-order valence-corrected chi connectivity index (χ2v) is 5.40. The van der Waals surface area contributed by atoms with Crippen molar-refractivity contribution in [3.8, 4) is 0 Å². The van der Waals surface area contributed by atoms with Gasteiger partial charge < -0.3 is 5.73 Å². The Hall–Kier alpha value is -2.39. The van der Waals surface area contributed by atoms with Crippen LogP contribution in [0.5, 0.6) is 0 Å². The lowest BCUT2D eigenvalue weighted by Gasteiger charge is -2.18. The van der Waals surface area contributed by atoms with Crippen LogP contribution >= 0.6 is 0 Å². The molecule has 0 aliphatic rings. The van der Waals surface area contributed by atoms with Crippen molar-refractivity contribution in [2.24, 2.45) is 0 Å². The normalized spacial score (nSPS) is 11.1. The number of anilines is 1. The van der Waals surface area contributed by atoms with Gasteiger partial charge in [0, 0.05) is 30.4 Å². The van der Waals surface area contributed by atoms with E-state index in [1.165, 1.54) is 16.5 Å². The number of hydrogen-bond donors (Lipinski definition) is 1. The second-order valence-electron chi connectivity index (χ2n) is 5.40. The molecule has 0 saturated heterocycles. The third-order valence-electron chi connectivity index (χ3n) is 3.58. The summed E-state index contributed by atoms with van der Waals surface area (Å²) in [5.74, 6) is 0. The summed E-state index contributed by atoms with van der Waals surface area (Å²) in [6, 6.07) is 18.4. The summed E-state index contributed by atoms with van der Waals surface area (Å²) in [6.07, 6.45) is 1.88. The summed E-state index contributed by atoms with van der Waals surface area (Å²) in [5, 5.41) is 1.22. The molecule has 0 unspecified atom stereocenters. The lowest BCUT2D eigenvalue weighted by Crippen LogP contribution is -2.17. The topological polar surface area (TPSA) is 42.1 Å². The van der Waals surface area contributed by atoms with Crippen LogP contribution in [0.1, 0.15) is 11.1 Å². The van der Waals surface area contributed by atoms with Crippen molar-refractivity contribution in [3.05, 3.63) is 71.9 Å². The van der Waals surface area contributed by atoms with Crippen LogP contribution in [0.15, 0.2) is 60.8 Å². The smallest absolute Gasteiger partial charge is 0.0705 e. The van der Waals surface area contributed by atoms with Gasteiger partial charge in [-0.15, -0.1) is 0 Å². The molecule has 1 aromatic heterocycles. The molecule has 3 aromatic rings. The van der Waals surface area contributed by atoms with Crippen molar-refractivity contribution in [2.45, 2.75) is 13.1 Å². The zero-order chi connectivity index (χ0) is 14.7. The Labute approximate surface area is 125 Å². The van der Waals surface area contributed by atoms with Crippen LogP contribution in [0.3, 0.4) is 0 Å². The number of nitrogen functional groups attached to an aromatic ring is 1. The molecule has 3 heteroatoms. The zero-order valence-corrected chi connectivity index (χ0v) is 12.2. The Balaban J connectivity index is 1.79. The molecule has 0 saturated carbocycles. The first kappa shape index (κ1) is 13.6. The summed E-state index contributed by atoms with van der Waals surface area (Å²) in [4.78, 5) is 6.70. The molecule has 0 amide bonds. The van der Waals surface area contributed by atoms with Crippen molar-refractivity contribution in [1.29, 1.82) is 0 Å². The number of para-hydroxylation sites is 1. The van der Waals surface area contributed by atoms with Gasteiger partial charge >= 0.3 is 0 Å². The van der Waals surface area contributed by atoms with Gasteiger partial charge in [0.25, 0.3) is 0 Å². The summed E-state index contributed by atoms with van der Waals surface area (Å²) < 4.78 is 0. The fraction of sp³-hybridized carbons (Fsp3) is 0.167. The number of aromatic nitrogens is 1. The van der Waals surface area contributed by atoms with Gasteiger partial charge in [0.15, 0.2) is 0 Å². The molecule has 106 valence electrons. The van der Waals surface area contributed by atoms with E-state index in [0.29, 0.717) is 0 Å². The van der Waals surface area contributed by atoms with E-state index in [0.717, 1.165) is 24.3 Å². The van der Waals surface area contributed by atoms with Crippen molar-refractivity contribution in [1.82, 2.24) is 9.88 Å². The number of hydrogen-bond acceptors (Lipinski definition) is 3. The number of nitrogens with zero attached hydrogens (tertiary/aromatic N) is 2.